The number of carbonyl (C=O) groups is 1. The van der Waals surface area contributed by atoms with Gasteiger partial charge in [0.25, 0.3) is 11.5 Å². The number of carbonyl (C=O) groups excluding carboxylic acids is 1. The normalized spacial score (nSPS) is 14.0. The first kappa shape index (κ1) is 20.9. The van der Waals surface area contributed by atoms with Crippen LogP contribution in [0.1, 0.15) is 11.4 Å². The highest BCUT2D eigenvalue weighted by molar-refractivity contribution is 14.1. The molecule has 6 nitrogen and oxygen atoms in total. The number of benzene rings is 3. The number of rotatable bonds is 3. The lowest BCUT2D eigenvalue weighted by molar-refractivity contribution is -0.110. The minimum absolute atomic E-state index is 0.238. The van der Waals surface area contributed by atoms with Gasteiger partial charge in [0.1, 0.15) is 11.6 Å². The molecule has 1 amide bonds. The third kappa shape index (κ3) is 3.53. The van der Waals surface area contributed by atoms with Crippen molar-refractivity contribution in [1.82, 2.24) is 9.55 Å². The largest absolute Gasteiger partial charge is 0.495 e. The van der Waals surface area contributed by atoms with Gasteiger partial charge in [-0.3, -0.25) is 14.2 Å². The fourth-order valence-electron chi connectivity index (χ4n) is 3.75. The number of aromatic nitrogens is 2. The van der Waals surface area contributed by atoms with E-state index in [9.17, 15) is 9.59 Å². The quantitative estimate of drug-likeness (QED) is 0.258. The average molecular weight is 600 g/mol. The van der Waals surface area contributed by atoms with Crippen LogP contribution in [0, 0.1) is 3.57 Å². The van der Waals surface area contributed by atoms with E-state index in [1.807, 2.05) is 48.5 Å². The fourth-order valence-corrected chi connectivity index (χ4v) is 4.60. The molecule has 1 aliphatic heterocycles. The van der Waals surface area contributed by atoms with Crippen LogP contribution in [0.4, 0.5) is 5.69 Å². The van der Waals surface area contributed by atoms with E-state index in [4.69, 9.17) is 9.72 Å². The van der Waals surface area contributed by atoms with Gasteiger partial charge in [-0.15, -0.1) is 0 Å². The summed E-state index contributed by atoms with van der Waals surface area (Å²) >= 11 is 5.63. The first-order chi connectivity index (χ1) is 15.5. The van der Waals surface area contributed by atoms with Crippen LogP contribution in [0.5, 0.6) is 5.75 Å². The summed E-state index contributed by atoms with van der Waals surface area (Å²) in [5, 5.41) is 3.36. The first-order valence-corrected chi connectivity index (χ1v) is 11.5. The lowest BCUT2D eigenvalue weighted by Crippen LogP contribution is -2.23. The van der Waals surface area contributed by atoms with Crippen molar-refractivity contribution in [2.24, 2.45) is 0 Å². The van der Waals surface area contributed by atoms with Crippen LogP contribution < -0.4 is 15.6 Å². The van der Waals surface area contributed by atoms with Crippen molar-refractivity contribution in [2.45, 2.75) is 0 Å². The zero-order valence-electron chi connectivity index (χ0n) is 16.7. The number of hydrogen-bond acceptors (Lipinski definition) is 4. The van der Waals surface area contributed by atoms with Gasteiger partial charge in [-0.05, 0) is 77.2 Å². The van der Waals surface area contributed by atoms with Crippen LogP contribution in [0.3, 0.4) is 0 Å². The van der Waals surface area contributed by atoms with E-state index < -0.39 is 0 Å². The molecular formula is C24H15BrIN3O3. The smallest absolute Gasteiger partial charge is 0.266 e. The van der Waals surface area contributed by atoms with Crippen molar-refractivity contribution in [1.29, 1.82) is 0 Å². The maximum atomic E-state index is 13.7. The Morgan fingerprint density at radius 1 is 1.09 bits per heavy atom. The van der Waals surface area contributed by atoms with Gasteiger partial charge in [0.05, 0.1) is 29.3 Å². The third-order valence-electron chi connectivity index (χ3n) is 5.22. The summed E-state index contributed by atoms with van der Waals surface area (Å²) < 4.78 is 8.79. The van der Waals surface area contributed by atoms with Gasteiger partial charge in [0.2, 0.25) is 0 Å². The summed E-state index contributed by atoms with van der Waals surface area (Å²) in [4.78, 5) is 31.2. The highest BCUT2D eigenvalue weighted by Crippen LogP contribution is 2.35. The maximum Gasteiger partial charge on any atom is 0.266 e. The summed E-state index contributed by atoms with van der Waals surface area (Å²) in [6, 6.07) is 18.3. The number of hydrogen-bond donors (Lipinski definition) is 1. The number of nitrogens with one attached hydrogen (secondary N) is 1. The molecule has 158 valence electrons. The Balaban J connectivity index is 1.85. The molecule has 1 N–H and O–H groups in total. The Hall–Kier alpha value is -2.98. The molecule has 4 aromatic rings. The second-order valence-electron chi connectivity index (χ2n) is 7.15. The standard InChI is InChI=1S/C24H15BrIN3O3/c1-32-21-5-3-2-4-20(21)29-22(27-19-9-7-14(26)11-17(19)24(29)31)12-16-15-10-13(25)6-8-18(15)28-23(16)30/h2-12H,1H3,(H,28,30)/b16-12-. The second kappa shape index (κ2) is 8.18. The monoisotopic (exact) mass is 599 g/mol. The molecule has 8 heteroatoms. The number of methoxy groups -OCH3 is 1. The molecule has 0 atom stereocenters. The van der Waals surface area contributed by atoms with Gasteiger partial charge >= 0.3 is 0 Å². The van der Waals surface area contributed by atoms with E-state index in [0.717, 1.165) is 13.6 Å². The number of amides is 1. The van der Waals surface area contributed by atoms with Crippen molar-refractivity contribution in [3.05, 3.63) is 90.4 Å². The summed E-state index contributed by atoms with van der Waals surface area (Å²) in [7, 11) is 1.55. The average Bonchev–Trinajstić information content (AvgIpc) is 3.09. The SMILES string of the molecule is COc1ccccc1-n1c(/C=C2\C(=O)Nc3ccc(Br)cc32)nc2ccc(I)cc2c1=O. The zero-order chi connectivity index (χ0) is 22.4. The number of anilines is 1. The molecule has 32 heavy (non-hydrogen) atoms. The molecule has 5 rings (SSSR count). The zero-order valence-corrected chi connectivity index (χ0v) is 20.5. The molecule has 1 aromatic heterocycles. The Morgan fingerprint density at radius 3 is 2.72 bits per heavy atom. The highest BCUT2D eigenvalue weighted by Gasteiger charge is 2.26. The summed E-state index contributed by atoms with van der Waals surface area (Å²) in [5.74, 6) is 0.618. The molecule has 1 aliphatic rings. The summed E-state index contributed by atoms with van der Waals surface area (Å²) in [6.07, 6.45) is 1.65. The molecule has 0 unspecified atom stereocenters. The Kier molecular flexibility index (Phi) is 5.34. The Labute approximate surface area is 205 Å². The van der Waals surface area contributed by atoms with E-state index in [1.54, 1.807) is 25.3 Å². The maximum absolute atomic E-state index is 13.7. The molecule has 0 radical (unpaired) electrons. The number of nitrogens with zero attached hydrogens (tertiary/aromatic N) is 2. The van der Waals surface area contributed by atoms with E-state index in [2.05, 4.69) is 43.8 Å². The van der Waals surface area contributed by atoms with Crippen molar-refractivity contribution >= 4 is 72.7 Å². The Bertz CT molecular complexity index is 1510. The Morgan fingerprint density at radius 2 is 1.91 bits per heavy atom. The fraction of sp³-hybridized carbons (Fsp3) is 0.0417. The van der Waals surface area contributed by atoms with Crippen LogP contribution >= 0.6 is 38.5 Å². The predicted molar refractivity (Wildman–Crippen MR) is 137 cm³/mol. The van der Waals surface area contributed by atoms with Crippen LogP contribution in [0.15, 0.2) is 69.9 Å². The van der Waals surface area contributed by atoms with E-state index in [-0.39, 0.29) is 11.5 Å². The van der Waals surface area contributed by atoms with Crippen molar-refractivity contribution in [3.63, 3.8) is 0 Å². The van der Waals surface area contributed by atoms with Gasteiger partial charge in [-0.2, -0.15) is 0 Å². The molecule has 0 saturated heterocycles. The lowest BCUT2D eigenvalue weighted by atomic mass is 10.1. The van der Waals surface area contributed by atoms with Gasteiger partial charge in [-0.25, -0.2) is 4.98 Å². The van der Waals surface area contributed by atoms with Crippen molar-refractivity contribution < 1.29 is 9.53 Å². The van der Waals surface area contributed by atoms with Crippen molar-refractivity contribution in [2.75, 3.05) is 12.4 Å². The minimum atomic E-state index is -0.248. The van der Waals surface area contributed by atoms with E-state index >= 15 is 0 Å². The van der Waals surface area contributed by atoms with Gasteiger partial charge in [-0.1, -0.05) is 28.1 Å². The van der Waals surface area contributed by atoms with Crippen LogP contribution in [0.25, 0.3) is 28.2 Å². The number of para-hydroxylation sites is 2. The summed E-state index contributed by atoms with van der Waals surface area (Å²) in [5.41, 5.74) is 2.76. The molecule has 3 aromatic carbocycles. The number of halogens is 2. The minimum Gasteiger partial charge on any atom is -0.495 e. The molecule has 0 aliphatic carbocycles. The van der Waals surface area contributed by atoms with Crippen LogP contribution in [-0.2, 0) is 4.79 Å². The second-order valence-corrected chi connectivity index (χ2v) is 9.31. The highest BCUT2D eigenvalue weighted by atomic mass is 127. The van der Waals surface area contributed by atoms with Gasteiger partial charge < -0.3 is 10.1 Å². The van der Waals surface area contributed by atoms with Crippen LogP contribution in [-0.4, -0.2) is 22.6 Å². The molecule has 0 fully saturated rings. The molecule has 0 saturated carbocycles. The van der Waals surface area contributed by atoms with Gasteiger partial charge in [0, 0.05) is 19.3 Å². The number of ether oxygens (including phenoxy) is 1. The molecule has 0 spiro atoms. The van der Waals surface area contributed by atoms with Crippen LogP contribution in [0.2, 0.25) is 0 Å². The van der Waals surface area contributed by atoms with Gasteiger partial charge in [0.15, 0.2) is 0 Å². The topological polar surface area (TPSA) is 73.2 Å². The summed E-state index contributed by atoms with van der Waals surface area (Å²) in [6.45, 7) is 0. The van der Waals surface area contributed by atoms with E-state index in [0.29, 0.717) is 39.4 Å². The third-order valence-corrected chi connectivity index (χ3v) is 6.38. The molecule has 2 heterocycles. The number of fused-ring (bicyclic) bond motifs is 2. The van der Waals surface area contributed by atoms with E-state index in [1.165, 1.54) is 4.57 Å². The predicted octanol–water partition coefficient (Wildman–Crippen LogP) is 5.25. The first-order valence-electron chi connectivity index (χ1n) is 9.65. The molecular weight excluding hydrogens is 585 g/mol. The van der Waals surface area contributed by atoms with Crippen molar-refractivity contribution in [3.8, 4) is 11.4 Å². The molecule has 0 bridgehead atoms. The lowest BCUT2D eigenvalue weighted by Gasteiger charge is -2.15.